The molecule has 128 valence electrons. The minimum Gasteiger partial charge on any atom is -0.491 e. The normalized spacial score (nSPS) is 11.9. The van der Waals surface area contributed by atoms with Gasteiger partial charge in [0, 0.05) is 10.7 Å². The number of hydrogen-bond donors (Lipinski definition) is 1. The van der Waals surface area contributed by atoms with Gasteiger partial charge in [-0.2, -0.15) is 0 Å². The summed E-state index contributed by atoms with van der Waals surface area (Å²) in [6, 6.07) is 12.0. The molecular weight excluding hydrogens is 349 g/mol. The summed E-state index contributed by atoms with van der Waals surface area (Å²) in [5.74, 6) is 0.878. The lowest BCUT2D eigenvalue weighted by Gasteiger charge is -2.16. The van der Waals surface area contributed by atoms with Crippen molar-refractivity contribution in [2.45, 2.75) is 33.0 Å². The second kappa shape index (κ2) is 8.27. The molecule has 1 unspecified atom stereocenters. The molecular formula is C18H19Cl2NO3. The van der Waals surface area contributed by atoms with Crippen LogP contribution in [0.25, 0.3) is 0 Å². The van der Waals surface area contributed by atoms with Crippen molar-refractivity contribution >= 4 is 34.8 Å². The first-order valence-electron chi connectivity index (χ1n) is 7.54. The number of carbonyl (C=O) groups excluding carboxylic acids is 1. The summed E-state index contributed by atoms with van der Waals surface area (Å²) in [6.45, 7) is 5.56. The molecule has 2 aromatic rings. The lowest BCUT2D eigenvalue weighted by Crippen LogP contribution is -2.30. The maximum Gasteiger partial charge on any atom is 0.265 e. The Morgan fingerprint density at radius 3 is 2.25 bits per heavy atom. The Morgan fingerprint density at radius 2 is 1.67 bits per heavy atom. The van der Waals surface area contributed by atoms with E-state index in [1.54, 1.807) is 49.4 Å². The van der Waals surface area contributed by atoms with Gasteiger partial charge in [-0.05, 0) is 63.2 Å². The van der Waals surface area contributed by atoms with Gasteiger partial charge in [-0.25, -0.2) is 0 Å². The van der Waals surface area contributed by atoms with Gasteiger partial charge in [0.05, 0.1) is 11.1 Å². The van der Waals surface area contributed by atoms with Gasteiger partial charge in [0.15, 0.2) is 6.10 Å². The van der Waals surface area contributed by atoms with E-state index in [0.29, 0.717) is 21.5 Å². The van der Waals surface area contributed by atoms with Crippen molar-refractivity contribution in [3.05, 3.63) is 52.5 Å². The number of benzene rings is 2. The molecule has 1 N–H and O–H groups in total. The molecule has 0 saturated carbocycles. The quantitative estimate of drug-likeness (QED) is 0.764. The van der Waals surface area contributed by atoms with Crippen LogP contribution in [0.3, 0.4) is 0 Å². The zero-order chi connectivity index (χ0) is 17.7. The molecule has 2 aromatic carbocycles. The third kappa shape index (κ3) is 5.32. The van der Waals surface area contributed by atoms with Gasteiger partial charge in [-0.3, -0.25) is 4.79 Å². The summed E-state index contributed by atoms with van der Waals surface area (Å²) in [5, 5.41) is 3.65. The topological polar surface area (TPSA) is 47.6 Å². The number of hydrogen-bond acceptors (Lipinski definition) is 3. The number of nitrogens with one attached hydrogen (secondary N) is 1. The van der Waals surface area contributed by atoms with Crippen molar-refractivity contribution in [3.8, 4) is 11.5 Å². The summed E-state index contributed by atoms with van der Waals surface area (Å²) >= 11 is 11.9. The fourth-order valence-corrected chi connectivity index (χ4v) is 2.40. The standard InChI is InChI=1S/C18H19Cl2NO3/c1-11(2)23-15-7-5-14(6-8-15)21-18(22)12(3)24-17-9-4-13(19)10-16(17)20/h4-12H,1-3H3,(H,21,22). The Morgan fingerprint density at radius 1 is 1.00 bits per heavy atom. The van der Waals surface area contributed by atoms with Gasteiger partial charge >= 0.3 is 0 Å². The molecule has 0 heterocycles. The van der Waals surface area contributed by atoms with E-state index in [0.717, 1.165) is 5.75 Å². The molecule has 0 saturated heterocycles. The number of anilines is 1. The van der Waals surface area contributed by atoms with Crippen LogP contribution in [0.1, 0.15) is 20.8 Å². The molecule has 4 nitrogen and oxygen atoms in total. The Hall–Kier alpha value is -1.91. The molecule has 0 aliphatic heterocycles. The zero-order valence-electron chi connectivity index (χ0n) is 13.7. The van der Waals surface area contributed by atoms with Crippen LogP contribution in [-0.2, 0) is 4.79 Å². The molecule has 24 heavy (non-hydrogen) atoms. The number of halogens is 2. The predicted octanol–water partition coefficient (Wildman–Crippen LogP) is 5.19. The Bertz CT molecular complexity index is 702. The van der Waals surface area contributed by atoms with Crippen LogP contribution in [-0.4, -0.2) is 18.1 Å². The van der Waals surface area contributed by atoms with Crippen molar-refractivity contribution in [2.75, 3.05) is 5.32 Å². The third-order valence-electron chi connectivity index (χ3n) is 3.06. The first-order valence-corrected chi connectivity index (χ1v) is 8.30. The molecule has 2 rings (SSSR count). The SMILES string of the molecule is CC(C)Oc1ccc(NC(=O)C(C)Oc2ccc(Cl)cc2Cl)cc1. The maximum absolute atomic E-state index is 12.2. The molecule has 0 radical (unpaired) electrons. The van der Waals surface area contributed by atoms with E-state index in [9.17, 15) is 4.79 Å². The number of rotatable bonds is 6. The van der Waals surface area contributed by atoms with Crippen LogP contribution in [0, 0.1) is 0 Å². The van der Waals surface area contributed by atoms with Crippen molar-refractivity contribution in [1.29, 1.82) is 0 Å². The maximum atomic E-state index is 12.2. The van der Waals surface area contributed by atoms with E-state index in [4.69, 9.17) is 32.7 Å². The van der Waals surface area contributed by atoms with Crippen molar-refractivity contribution in [2.24, 2.45) is 0 Å². The molecule has 0 aromatic heterocycles. The number of ether oxygens (including phenoxy) is 2. The zero-order valence-corrected chi connectivity index (χ0v) is 15.2. The first kappa shape index (κ1) is 18.4. The van der Waals surface area contributed by atoms with Gasteiger partial charge in [0.25, 0.3) is 5.91 Å². The highest BCUT2D eigenvalue weighted by molar-refractivity contribution is 6.35. The highest BCUT2D eigenvalue weighted by Gasteiger charge is 2.16. The van der Waals surface area contributed by atoms with Crippen LogP contribution in [0.2, 0.25) is 10.0 Å². The molecule has 0 spiro atoms. The molecule has 1 amide bonds. The van der Waals surface area contributed by atoms with Gasteiger partial charge in [-0.15, -0.1) is 0 Å². The van der Waals surface area contributed by atoms with E-state index >= 15 is 0 Å². The van der Waals surface area contributed by atoms with Crippen molar-refractivity contribution in [3.63, 3.8) is 0 Å². The van der Waals surface area contributed by atoms with Gasteiger partial charge in [0.2, 0.25) is 0 Å². The average Bonchev–Trinajstić information content (AvgIpc) is 2.51. The molecule has 0 aliphatic carbocycles. The smallest absolute Gasteiger partial charge is 0.265 e. The molecule has 1 atom stereocenters. The lowest BCUT2D eigenvalue weighted by atomic mass is 10.2. The van der Waals surface area contributed by atoms with Crippen LogP contribution >= 0.6 is 23.2 Å². The summed E-state index contributed by atoms with van der Waals surface area (Å²) in [4.78, 5) is 12.2. The predicted molar refractivity (Wildman–Crippen MR) is 97.4 cm³/mol. The van der Waals surface area contributed by atoms with Gasteiger partial charge in [0.1, 0.15) is 11.5 Å². The van der Waals surface area contributed by atoms with Crippen molar-refractivity contribution < 1.29 is 14.3 Å². The van der Waals surface area contributed by atoms with Crippen LogP contribution in [0.15, 0.2) is 42.5 Å². The minimum absolute atomic E-state index is 0.1000. The van der Waals surface area contributed by atoms with Crippen molar-refractivity contribution in [1.82, 2.24) is 0 Å². The number of carbonyl (C=O) groups is 1. The average molecular weight is 368 g/mol. The minimum atomic E-state index is -0.713. The monoisotopic (exact) mass is 367 g/mol. The van der Waals surface area contributed by atoms with E-state index in [2.05, 4.69) is 5.32 Å². The molecule has 0 fully saturated rings. The Labute approximate surface area is 151 Å². The van der Waals surface area contributed by atoms with Gasteiger partial charge in [-0.1, -0.05) is 23.2 Å². The van der Waals surface area contributed by atoms with Crippen LogP contribution < -0.4 is 14.8 Å². The van der Waals surface area contributed by atoms with E-state index in [-0.39, 0.29) is 12.0 Å². The highest BCUT2D eigenvalue weighted by atomic mass is 35.5. The molecule has 0 bridgehead atoms. The van der Waals surface area contributed by atoms with Crippen LogP contribution in [0.5, 0.6) is 11.5 Å². The lowest BCUT2D eigenvalue weighted by molar-refractivity contribution is -0.122. The van der Waals surface area contributed by atoms with E-state index < -0.39 is 6.10 Å². The molecule has 6 heteroatoms. The summed E-state index contributed by atoms with van der Waals surface area (Å²) < 4.78 is 11.1. The Balaban J connectivity index is 1.96. The second-order valence-electron chi connectivity index (χ2n) is 5.52. The summed E-state index contributed by atoms with van der Waals surface area (Å²) in [5.41, 5.74) is 0.661. The highest BCUT2D eigenvalue weighted by Crippen LogP contribution is 2.28. The number of amides is 1. The first-order chi connectivity index (χ1) is 11.3. The fraction of sp³-hybridized carbons (Fsp3) is 0.278. The summed E-state index contributed by atoms with van der Waals surface area (Å²) in [6.07, 6.45) is -0.613. The Kier molecular flexibility index (Phi) is 6.35. The molecule has 0 aliphatic rings. The van der Waals surface area contributed by atoms with Gasteiger partial charge < -0.3 is 14.8 Å². The fourth-order valence-electron chi connectivity index (χ4n) is 1.95. The largest absolute Gasteiger partial charge is 0.491 e. The van der Waals surface area contributed by atoms with E-state index in [1.807, 2.05) is 13.8 Å². The summed E-state index contributed by atoms with van der Waals surface area (Å²) in [7, 11) is 0. The third-order valence-corrected chi connectivity index (χ3v) is 3.59. The van der Waals surface area contributed by atoms with E-state index in [1.165, 1.54) is 0 Å². The second-order valence-corrected chi connectivity index (χ2v) is 6.36. The van der Waals surface area contributed by atoms with Crippen LogP contribution in [0.4, 0.5) is 5.69 Å².